The Balaban J connectivity index is 1.50. The molecule has 0 radical (unpaired) electrons. The summed E-state index contributed by atoms with van der Waals surface area (Å²) in [5.41, 5.74) is 1.88. The molecule has 0 bridgehead atoms. The van der Waals surface area contributed by atoms with Crippen LogP contribution in [0.3, 0.4) is 0 Å². The van der Waals surface area contributed by atoms with Gasteiger partial charge in [0.05, 0.1) is 27.6 Å². The van der Waals surface area contributed by atoms with E-state index in [0.29, 0.717) is 32.0 Å². The Bertz CT molecular complexity index is 1640. The minimum absolute atomic E-state index is 0.157. The molecule has 0 aliphatic carbocycles. The van der Waals surface area contributed by atoms with Crippen molar-refractivity contribution in [2.24, 2.45) is 0 Å². The molecule has 4 amide bonds. The normalized spacial score (nSPS) is 13.3. The molecule has 4 aromatic carbocycles. The van der Waals surface area contributed by atoms with Crippen molar-refractivity contribution in [3.8, 4) is 11.5 Å². The fourth-order valence-electron chi connectivity index (χ4n) is 4.37. The quantitative estimate of drug-likeness (QED) is 0.135. The second kappa shape index (κ2) is 12.3. The molecule has 1 fully saturated rings. The van der Waals surface area contributed by atoms with E-state index < -0.39 is 23.8 Å². The van der Waals surface area contributed by atoms with Gasteiger partial charge in [-0.05, 0) is 88.3 Å². The van der Waals surface area contributed by atoms with Crippen LogP contribution in [0.2, 0.25) is 0 Å². The molecular weight excluding hydrogens is 651 g/mol. The number of ether oxygens (including phenoxy) is 2. The Morgan fingerprint density at radius 1 is 0.833 bits per heavy atom. The highest BCUT2D eigenvalue weighted by Gasteiger charge is 2.43. The largest absolute Gasteiger partial charge is 0.493 e. The first kappa shape index (κ1) is 28.6. The maximum Gasteiger partial charge on any atom is 0.343 e. The number of hydrogen-bond acceptors (Lipinski definition) is 6. The van der Waals surface area contributed by atoms with Crippen LogP contribution < -0.4 is 19.3 Å². The van der Waals surface area contributed by atoms with E-state index in [2.05, 4.69) is 22.6 Å². The predicted octanol–water partition coefficient (Wildman–Crippen LogP) is 6.16. The van der Waals surface area contributed by atoms with Crippen LogP contribution in [0.25, 0.3) is 6.08 Å². The van der Waals surface area contributed by atoms with Crippen molar-refractivity contribution in [2.75, 3.05) is 16.9 Å². The van der Waals surface area contributed by atoms with E-state index in [1.165, 1.54) is 25.3 Å². The number of halogens is 1. The number of urea groups is 1. The van der Waals surface area contributed by atoms with Crippen LogP contribution in [0.1, 0.15) is 21.5 Å². The van der Waals surface area contributed by atoms with E-state index in [0.717, 1.165) is 15.4 Å². The van der Waals surface area contributed by atoms with E-state index in [-0.39, 0.29) is 17.7 Å². The smallest absolute Gasteiger partial charge is 0.343 e. The van der Waals surface area contributed by atoms with Gasteiger partial charge in [0.1, 0.15) is 12.2 Å². The van der Waals surface area contributed by atoms with Gasteiger partial charge in [-0.15, -0.1) is 0 Å². The van der Waals surface area contributed by atoms with Crippen molar-refractivity contribution in [3.63, 3.8) is 0 Å². The lowest BCUT2D eigenvalue weighted by Gasteiger charge is -2.34. The van der Waals surface area contributed by atoms with E-state index in [9.17, 15) is 19.2 Å². The van der Waals surface area contributed by atoms with Gasteiger partial charge in [-0.25, -0.2) is 19.4 Å². The molecule has 0 aromatic heterocycles. The number of anilines is 2. The van der Waals surface area contributed by atoms with Gasteiger partial charge in [-0.2, -0.15) is 0 Å². The van der Waals surface area contributed by atoms with E-state index in [1.54, 1.807) is 84.9 Å². The molecule has 0 atom stereocenters. The molecule has 10 heteroatoms. The molecule has 1 heterocycles. The van der Waals surface area contributed by atoms with E-state index >= 15 is 0 Å². The summed E-state index contributed by atoms with van der Waals surface area (Å²) in [5, 5.41) is 9.11. The number of barbiturate groups is 1. The second-order valence-corrected chi connectivity index (χ2v) is 10.3. The number of imide groups is 2. The summed E-state index contributed by atoms with van der Waals surface area (Å²) in [6, 6.07) is 25.8. The zero-order valence-corrected chi connectivity index (χ0v) is 24.3. The SMILES string of the molecule is COc1cc(C=C2C(=O)N(c3ccccc3)C(=O)N(c3ccccc3)C2=O)cc(I)c1OCc1ccc(C(=O)O)cc1. The van der Waals surface area contributed by atoms with Gasteiger partial charge in [0.15, 0.2) is 11.5 Å². The summed E-state index contributed by atoms with van der Waals surface area (Å²) in [5.74, 6) is -1.70. The molecule has 0 spiro atoms. The fourth-order valence-corrected chi connectivity index (χ4v) is 5.15. The number of hydrogen-bond donors (Lipinski definition) is 1. The van der Waals surface area contributed by atoms with Crippen LogP contribution in [0.15, 0.2) is 103 Å². The number of benzene rings is 4. The Kier molecular flexibility index (Phi) is 8.34. The molecule has 0 saturated carbocycles. The molecule has 5 rings (SSSR count). The molecule has 9 nitrogen and oxygen atoms in total. The zero-order chi connectivity index (χ0) is 29.8. The average Bonchev–Trinajstić information content (AvgIpc) is 3.00. The topological polar surface area (TPSA) is 113 Å². The monoisotopic (exact) mass is 674 g/mol. The molecule has 0 unspecified atom stereocenters. The summed E-state index contributed by atoms with van der Waals surface area (Å²) in [7, 11) is 1.47. The van der Waals surface area contributed by atoms with Crippen molar-refractivity contribution < 1.29 is 33.8 Å². The second-order valence-electron chi connectivity index (χ2n) is 9.12. The number of rotatable bonds is 8. The van der Waals surface area contributed by atoms with Crippen LogP contribution in [0.5, 0.6) is 11.5 Å². The number of methoxy groups -OCH3 is 1. The van der Waals surface area contributed by atoms with Gasteiger partial charge >= 0.3 is 12.0 Å². The lowest BCUT2D eigenvalue weighted by atomic mass is 10.0. The molecule has 1 saturated heterocycles. The standard InChI is InChI=1S/C32H23IN2O7/c1-41-27-18-21(17-26(33)28(27)42-19-20-12-14-22(15-13-20)31(38)39)16-25-29(36)34(23-8-4-2-5-9-23)32(40)35(30(25)37)24-10-6-3-7-11-24/h2-18H,19H2,1H3,(H,38,39). The molecule has 1 aliphatic rings. The first-order valence-corrected chi connectivity index (χ1v) is 13.7. The Morgan fingerprint density at radius 3 is 1.88 bits per heavy atom. The van der Waals surface area contributed by atoms with Crippen LogP contribution in [-0.2, 0) is 16.2 Å². The number of carboxylic acids is 1. The summed E-state index contributed by atoms with van der Waals surface area (Å²) < 4.78 is 12.2. The summed E-state index contributed by atoms with van der Waals surface area (Å²) in [6.45, 7) is 0.157. The van der Waals surface area contributed by atoms with Crippen molar-refractivity contribution in [3.05, 3.63) is 123 Å². The summed E-state index contributed by atoms with van der Waals surface area (Å²) >= 11 is 2.07. The third-order valence-electron chi connectivity index (χ3n) is 6.43. The van der Waals surface area contributed by atoms with Crippen molar-refractivity contribution in [1.29, 1.82) is 0 Å². The lowest BCUT2D eigenvalue weighted by Crippen LogP contribution is -2.57. The number of amides is 4. The number of para-hydroxylation sites is 2. The number of nitrogens with zero attached hydrogens (tertiary/aromatic N) is 2. The average molecular weight is 674 g/mol. The number of carbonyl (C=O) groups is 4. The van der Waals surface area contributed by atoms with E-state index in [4.69, 9.17) is 14.6 Å². The maximum atomic E-state index is 13.7. The molecular formula is C32H23IN2O7. The minimum atomic E-state index is -1.01. The molecule has 1 N–H and O–H groups in total. The highest BCUT2D eigenvalue weighted by molar-refractivity contribution is 14.1. The van der Waals surface area contributed by atoms with Gasteiger partial charge < -0.3 is 14.6 Å². The molecule has 4 aromatic rings. The predicted molar refractivity (Wildman–Crippen MR) is 165 cm³/mol. The van der Waals surface area contributed by atoms with Crippen LogP contribution in [-0.4, -0.2) is 36.0 Å². The van der Waals surface area contributed by atoms with Crippen LogP contribution in [0, 0.1) is 3.57 Å². The third-order valence-corrected chi connectivity index (χ3v) is 7.23. The van der Waals surface area contributed by atoms with Gasteiger partial charge in [0.2, 0.25) is 0 Å². The Morgan fingerprint density at radius 2 is 1.38 bits per heavy atom. The minimum Gasteiger partial charge on any atom is -0.493 e. The van der Waals surface area contributed by atoms with Crippen molar-refractivity contribution in [2.45, 2.75) is 6.61 Å². The number of aromatic carboxylic acids is 1. The molecule has 1 aliphatic heterocycles. The first-order chi connectivity index (χ1) is 20.3. The van der Waals surface area contributed by atoms with Crippen molar-refractivity contribution in [1.82, 2.24) is 0 Å². The highest BCUT2D eigenvalue weighted by atomic mass is 127. The fraction of sp³-hybridized carbons (Fsp3) is 0.0625. The zero-order valence-electron chi connectivity index (χ0n) is 22.2. The van der Waals surface area contributed by atoms with Crippen LogP contribution >= 0.6 is 22.6 Å². The van der Waals surface area contributed by atoms with E-state index in [1.807, 2.05) is 0 Å². The van der Waals surface area contributed by atoms with Gasteiger partial charge in [0, 0.05) is 0 Å². The van der Waals surface area contributed by atoms with Gasteiger partial charge in [-0.3, -0.25) is 9.59 Å². The lowest BCUT2D eigenvalue weighted by molar-refractivity contribution is -0.121. The molecule has 42 heavy (non-hydrogen) atoms. The van der Waals surface area contributed by atoms with Crippen molar-refractivity contribution >= 4 is 63.9 Å². The highest BCUT2D eigenvalue weighted by Crippen LogP contribution is 2.36. The first-order valence-electron chi connectivity index (χ1n) is 12.7. The Labute approximate surface area is 254 Å². The summed E-state index contributed by atoms with van der Waals surface area (Å²) in [4.78, 5) is 53.9. The van der Waals surface area contributed by atoms with Crippen LogP contribution in [0.4, 0.5) is 16.2 Å². The summed E-state index contributed by atoms with van der Waals surface area (Å²) in [6.07, 6.45) is 1.43. The van der Waals surface area contributed by atoms with Gasteiger partial charge in [0.25, 0.3) is 11.8 Å². The van der Waals surface area contributed by atoms with Gasteiger partial charge in [-0.1, -0.05) is 48.5 Å². The molecule has 210 valence electrons. The number of carboxylic acid groups (broad SMARTS) is 1. The third kappa shape index (κ3) is 5.75. The maximum absolute atomic E-state index is 13.7. The number of carbonyl (C=O) groups excluding carboxylic acids is 3. The Hall–Kier alpha value is -4.97.